The fourth-order valence-corrected chi connectivity index (χ4v) is 4.64. The van der Waals surface area contributed by atoms with E-state index < -0.39 is 10.0 Å². The molecule has 2 aromatic rings. The lowest BCUT2D eigenvalue weighted by Gasteiger charge is -2.34. The van der Waals surface area contributed by atoms with E-state index in [0.717, 1.165) is 5.56 Å². The molecule has 1 aliphatic heterocycles. The number of nitrogens with zero attached hydrogens (tertiary/aromatic N) is 3. The minimum absolute atomic E-state index is 0.0189. The van der Waals surface area contributed by atoms with E-state index in [2.05, 4.69) is 0 Å². The van der Waals surface area contributed by atoms with E-state index in [1.165, 1.54) is 28.6 Å². The molecule has 1 heterocycles. The largest absolute Gasteiger partial charge is 0.340 e. The summed E-state index contributed by atoms with van der Waals surface area (Å²) < 4.78 is 26.8. The molecule has 0 saturated carbocycles. The molecule has 2 aromatic carbocycles. The van der Waals surface area contributed by atoms with Gasteiger partial charge in [0.2, 0.25) is 15.9 Å². The van der Waals surface area contributed by atoms with Crippen LogP contribution in [0.5, 0.6) is 0 Å². The highest BCUT2D eigenvalue weighted by Crippen LogP contribution is 2.19. The molecular weight excluding hydrogens is 398 g/mol. The molecule has 1 amide bonds. The zero-order valence-electron chi connectivity index (χ0n) is 15.2. The number of carbonyl (C=O) groups excluding carboxylic acids is 1. The number of hydrogen-bond donors (Lipinski definition) is 0. The SMILES string of the molecule is N#Cc1ccc(S(=O)(=O)N2CCN(C(=O)CCc3ccc(Cl)cc3)CC2)cc1. The summed E-state index contributed by atoms with van der Waals surface area (Å²) in [4.78, 5) is 14.3. The lowest BCUT2D eigenvalue weighted by atomic mass is 10.1. The van der Waals surface area contributed by atoms with Gasteiger partial charge >= 0.3 is 0 Å². The molecule has 0 aliphatic carbocycles. The van der Waals surface area contributed by atoms with E-state index in [9.17, 15) is 13.2 Å². The van der Waals surface area contributed by atoms with E-state index in [4.69, 9.17) is 16.9 Å². The predicted molar refractivity (Wildman–Crippen MR) is 106 cm³/mol. The van der Waals surface area contributed by atoms with Gasteiger partial charge in [0.15, 0.2) is 0 Å². The molecule has 0 atom stereocenters. The Bertz CT molecular complexity index is 975. The fourth-order valence-electron chi connectivity index (χ4n) is 3.09. The molecule has 0 radical (unpaired) electrons. The van der Waals surface area contributed by atoms with Crippen LogP contribution >= 0.6 is 11.6 Å². The Balaban J connectivity index is 1.55. The third kappa shape index (κ3) is 4.71. The number of hydrogen-bond acceptors (Lipinski definition) is 4. The Morgan fingerprint density at radius 2 is 1.61 bits per heavy atom. The molecule has 1 saturated heterocycles. The van der Waals surface area contributed by atoms with Gasteiger partial charge in [-0.1, -0.05) is 23.7 Å². The van der Waals surface area contributed by atoms with E-state index in [1.54, 1.807) is 17.0 Å². The van der Waals surface area contributed by atoms with Crippen LogP contribution in [0.25, 0.3) is 0 Å². The zero-order valence-corrected chi connectivity index (χ0v) is 16.8. The molecule has 3 rings (SSSR count). The Morgan fingerprint density at radius 1 is 1.00 bits per heavy atom. The summed E-state index contributed by atoms with van der Waals surface area (Å²) in [5, 5.41) is 9.50. The van der Waals surface area contributed by atoms with Crippen LogP contribution in [-0.2, 0) is 21.2 Å². The Hall–Kier alpha value is -2.40. The Morgan fingerprint density at radius 3 is 2.18 bits per heavy atom. The van der Waals surface area contributed by atoms with Crippen molar-refractivity contribution in [3.8, 4) is 6.07 Å². The maximum atomic E-state index is 12.7. The molecule has 28 heavy (non-hydrogen) atoms. The number of piperazine rings is 1. The van der Waals surface area contributed by atoms with Crippen molar-refractivity contribution in [1.82, 2.24) is 9.21 Å². The minimum Gasteiger partial charge on any atom is -0.340 e. The lowest BCUT2D eigenvalue weighted by molar-refractivity contribution is -0.132. The number of nitriles is 1. The smallest absolute Gasteiger partial charge is 0.243 e. The molecule has 6 nitrogen and oxygen atoms in total. The van der Waals surface area contributed by atoms with Crippen LogP contribution in [0.15, 0.2) is 53.4 Å². The molecule has 146 valence electrons. The highest BCUT2D eigenvalue weighted by Gasteiger charge is 2.29. The Kier molecular flexibility index (Phi) is 6.35. The van der Waals surface area contributed by atoms with E-state index >= 15 is 0 Å². The first kappa shape index (κ1) is 20.3. The first-order valence-corrected chi connectivity index (χ1v) is 10.7. The van der Waals surface area contributed by atoms with Crippen LogP contribution < -0.4 is 0 Å². The van der Waals surface area contributed by atoms with Crippen molar-refractivity contribution in [1.29, 1.82) is 5.26 Å². The number of amides is 1. The topological polar surface area (TPSA) is 81.5 Å². The predicted octanol–water partition coefficient (Wildman–Crippen LogP) is 2.68. The molecule has 0 spiro atoms. The van der Waals surface area contributed by atoms with Crippen LogP contribution in [0.3, 0.4) is 0 Å². The van der Waals surface area contributed by atoms with Crippen LogP contribution in [0, 0.1) is 11.3 Å². The van der Waals surface area contributed by atoms with Gasteiger partial charge in [-0.2, -0.15) is 9.57 Å². The quantitative estimate of drug-likeness (QED) is 0.748. The van der Waals surface area contributed by atoms with Crippen LogP contribution in [-0.4, -0.2) is 49.7 Å². The number of carbonyl (C=O) groups is 1. The summed E-state index contributed by atoms with van der Waals surface area (Å²) in [6.07, 6.45) is 1.00. The second-order valence-corrected chi connectivity index (χ2v) is 8.92. The molecule has 0 aromatic heterocycles. The monoisotopic (exact) mass is 417 g/mol. The Labute approximate surface area is 170 Å². The normalized spacial score (nSPS) is 15.2. The van der Waals surface area contributed by atoms with Crippen molar-refractivity contribution in [2.24, 2.45) is 0 Å². The maximum absolute atomic E-state index is 12.7. The van der Waals surface area contributed by atoms with E-state index in [-0.39, 0.29) is 23.9 Å². The summed E-state index contributed by atoms with van der Waals surface area (Å²) in [7, 11) is -3.62. The molecular formula is C20H20ClN3O3S. The number of halogens is 1. The summed E-state index contributed by atoms with van der Waals surface area (Å²) in [5.74, 6) is 0.0189. The summed E-state index contributed by atoms with van der Waals surface area (Å²) in [6.45, 7) is 1.26. The van der Waals surface area contributed by atoms with Gasteiger partial charge in [0.1, 0.15) is 0 Å². The van der Waals surface area contributed by atoms with Gasteiger partial charge in [-0.05, 0) is 48.4 Å². The highest BCUT2D eigenvalue weighted by molar-refractivity contribution is 7.89. The fraction of sp³-hybridized carbons (Fsp3) is 0.300. The van der Waals surface area contributed by atoms with Crippen LogP contribution in [0.2, 0.25) is 5.02 Å². The third-order valence-corrected chi connectivity index (χ3v) is 6.92. The van der Waals surface area contributed by atoms with Crippen molar-refractivity contribution in [3.63, 3.8) is 0 Å². The maximum Gasteiger partial charge on any atom is 0.243 e. The second-order valence-electron chi connectivity index (χ2n) is 6.55. The molecule has 1 aliphatic rings. The van der Waals surface area contributed by atoms with Crippen molar-refractivity contribution >= 4 is 27.5 Å². The van der Waals surface area contributed by atoms with E-state index in [0.29, 0.717) is 36.5 Å². The molecule has 8 heteroatoms. The average Bonchev–Trinajstić information content (AvgIpc) is 2.73. The average molecular weight is 418 g/mol. The van der Waals surface area contributed by atoms with Crippen molar-refractivity contribution < 1.29 is 13.2 Å². The van der Waals surface area contributed by atoms with Crippen molar-refractivity contribution in [3.05, 3.63) is 64.7 Å². The second kappa shape index (κ2) is 8.74. The minimum atomic E-state index is -3.62. The van der Waals surface area contributed by atoms with Gasteiger partial charge in [-0.25, -0.2) is 8.42 Å². The van der Waals surface area contributed by atoms with Gasteiger partial charge in [-0.3, -0.25) is 4.79 Å². The number of aryl methyl sites for hydroxylation is 1. The standard InChI is InChI=1S/C20H20ClN3O3S/c21-18-6-1-16(2-7-18)5-10-20(25)23-11-13-24(14-12-23)28(26,27)19-8-3-17(15-22)4-9-19/h1-4,6-9H,5,10-14H2. The van der Waals surface area contributed by atoms with Crippen LogP contribution in [0.1, 0.15) is 17.5 Å². The van der Waals surface area contributed by atoms with E-state index in [1.807, 2.05) is 18.2 Å². The molecule has 0 bridgehead atoms. The molecule has 0 N–H and O–H groups in total. The van der Waals surface area contributed by atoms with Gasteiger partial charge in [0.05, 0.1) is 16.5 Å². The summed E-state index contributed by atoms with van der Waals surface area (Å²) in [5.41, 5.74) is 1.45. The number of rotatable bonds is 5. The van der Waals surface area contributed by atoms with Crippen molar-refractivity contribution in [2.45, 2.75) is 17.7 Å². The number of benzene rings is 2. The van der Waals surface area contributed by atoms with Gasteiger partial charge in [-0.15, -0.1) is 0 Å². The van der Waals surface area contributed by atoms with Gasteiger partial charge < -0.3 is 4.90 Å². The lowest BCUT2D eigenvalue weighted by Crippen LogP contribution is -2.50. The summed E-state index contributed by atoms with van der Waals surface area (Å²) in [6, 6.07) is 15.2. The zero-order chi connectivity index (χ0) is 20.1. The van der Waals surface area contributed by atoms with Gasteiger partial charge in [0, 0.05) is 37.6 Å². The molecule has 0 unspecified atom stereocenters. The van der Waals surface area contributed by atoms with Crippen LogP contribution in [0.4, 0.5) is 0 Å². The first-order valence-electron chi connectivity index (χ1n) is 8.93. The number of sulfonamides is 1. The van der Waals surface area contributed by atoms with Gasteiger partial charge in [0.25, 0.3) is 0 Å². The highest BCUT2D eigenvalue weighted by atomic mass is 35.5. The molecule has 1 fully saturated rings. The first-order chi connectivity index (χ1) is 13.4. The summed E-state index contributed by atoms with van der Waals surface area (Å²) >= 11 is 5.86. The third-order valence-electron chi connectivity index (χ3n) is 4.75. The van der Waals surface area contributed by atoms with Crippen molar-refractivity contribution in [2.75, 3.05) is 26.2 Å².